The fraction of sp³-hybridized carbons (Fsp3) is 0.0833. The van der Waals surface area contributed by atoms with E-state index in [0.29, 0.717) is 5.92 Å². The number of benzene rings is 6. The number of fused-ring (bicyclic) bond motifs is 6. The van der Waals surface area contributed by atoms with E-state index in [9.17, 15) is 0 Å². The van der Waals surface area contributed by atoms with Crippen LogP contribution in [-0.2, 0) is 0 Å². The second kappa shape index (κ2) is 12.2. The Hall–Kier alpha value is -6.32. The molecule has 2 aliphatic rings. The molecule has 8 aromatic rings. The predicted molar refractivity (Wildman–Crippen MR) is 214 cm³/mol. The highest BCUT2D eigenvalue weighted by molar-refractivity contribution is 6.09. The monoisotopic (exact) mass is 656 g/mol. The van der Waals surface area contributed by atoms with E-state index in [2.05, 4.69) is 174 Å². The summed E-state index contributed by atoms with van der Waals surface area (Å²) in [5, 5.41) is 8.80. The Labute approximate surface area is 297 Å². The zero-order valence-corrected chi connectivity index (χ0v) is 28.2. The minimum absolute atomic E-state index is 0.188. The second-order valence-electron chi connectivity index (χ2n) is 13.7. The summed E-state index contributed by atoms with van der Waals surface area (Å²) in [4.78, 5) is 0. The van der Waals surface area contributed by atoms with Crippen LogP contribution in [0, 0.1) is 0 Å². The quantitative estimate of drug-likeness (QED) is 0.193. The van der Waals surface area contributed by atoms with Crippen molar-refractivity contribution < 1.29 is 4.42 Å². The molecule has 1 N–H and O–H groups in total. The molecule has 0 bridgehead atoms. The van der Waals surface area contributed by atoms with Crippen LogP contribution in [0.3, 0.4) is 0 Å². The second-order valence-corrected chi connectivity index (χ2v) is 13.7. The van der Waals surface area contributed by atoms with Gasteiger partial charge in [0.15, 0.2) is 0 Å². The predicted octanol–water partition coefficient (Wildman–Crippen LogP) is 12.7. The van der Waals surface area contributed by atoms with Crippen molar-refractivity contribution in [2.45, 2.75) is 24.8 Å². The smallest absolute Gasteiger partial charge is 0.136 e. The average molecular weight is 657 g/mol. The van der Waals surface area contributed by atoms with E-state index in [1.54, 1.807) is 0 Å². The Morgan fingerprint density at radius 2 is 1.39 bits per heavy atom. The highest BCUT2D eigenvalue weighted by Gasteiger charge is 2.24. The van der Waals surface area contributed by atoms with Gasteiger partial charge in [-0.15, -0.1) is 0 Å². The highest BCUT2D eigenvalue weighted by atomic mass is 16.3. The molecule has 6 aromatic carbocycles. The van der Waals surface area contributed by atoms with E-state index in [1.165, 1.54) is 49.8 Å². The molecule has 2 unspecified atom stereocenters. The molecule has 0 saturated carbocycles. The van der Waals surface area contributed by atoms with Crippen LogP contribution in [0.5, 0.6) is 0 Å². The molecule has 2 atom stereocenters. The van der Waals surface area contributed by atoms with Crippen molar-refractivity contribution in [2.75, 3.05) is 5.32 Å². The van der Waals surface area contributed by atoms with Gasteiger partial charge in [-0.2, -0.15) is 0 Å². The van der Waals surface area contributed by atoms with Gasteiger partial charge in [0.25, 0.3) is 0 Å². The van der Waals surface area contributed by atoms with Crippen LogP contribution in [0.2, 0.25) is 0 Å². The van der Waals surface area contributed by atoms with Crippen molar-refractivity contribution in [3.63, 3.8) is 0 Å². The number of furan rings is 1. The third-order valence-corrected chi connectivity index (χ3v) is 10.7. The highest BCUT2D eigenvalue weighted by Crippen LogP contribution is 2.39. The van der Waals surface area contributed by atoms with Crippen molar-refractivity contribution in [3.05, 3.63) is 193 Å². The van der Waals surface area contributed by atoms with Gasteiger partial charge in [0.05, 0.1) is 17.1 Å². The lowest BCUT2D eigenvalue weighted by Gasteiger charge is -2.29. The van der Waals surface area contributed by atoms with E-state index in [0.717, 1.165) is 46.0 Å². The van der Waals surface area contributed by atoms with Crippen LogP contribution < -0.4 is 5.32 Å². The van der Waals surface area contributed by atoms with E-state index in [4.69, 9.17) is 4.42 Å². The van der Waals surface area contributed by atoms with E-state index in [1.807, 2.05) is 12.1 Å². The summed E-state index contributed by atoms with van der Waals surface area (Å²) in [6.07, 6.45) is 15.6. The van der Waals surface area contributed by atoms with Crippen LogP contribution in [0.25, 0.3) is 60.6 Å². The Balaban J connectivity index is 0.920. The number of anilines is 1. The molecule has 10 rings (SSSR count). The maximum Gasteiger partial charge on any atom is 0.136 e. The normalized spacial score (nSPS) is 17.3. The third-order valence-electron chi connectivity index (χ3n) is 10.7. The lowest BCUT2D eigenvalue weighted by atomic mass is 9.81. The lowest BCUT2D eigenvalue weighted by Crippen LogP contribution is -2.25. The molecule has 3 heteroatoms. The molecular weight excluding hydrogens is 621 g/mol. The van der Waals surface area contributed by atoms with Gasteiger partial charge in [0.2, 0.25) is 0 Å². The number of hydrogen-bond donors (Lipinski definition) is 1. The van der Waals surface area contributed by atoms with Crippen LogP contribution >= 0.6 is 0 Å². The average Bonchev–Trinajstić information content (AvgIpc) is 3.74. The van der Waals surface area contributed by atoms with Crippen LogP contribution in [0.15, 0.2) is 192 Å². The minimum atomic E-state index is 0.188. The van der Waals surface area contributed by atoms with Crippen molar-refractivity contribution >= 4 is 49.4 Å². The summed E-state index contributed by atoms with van der Waals surface area (Å²) in [6, 6.07) is 50.3. The van der Waals surface area contributed by atoms with E-state index >= 15 is 0 Å². The van der Waals surface area contributed by atoms with Gasteiger partial charge in [-0.1, -0.05) is 115 Å². The first-order valence-electron chi connectivity index (χ1n) is 17.9. The molecule has 0 spiro atoms. The van der Waals surface area contributed by atoms with Gasteiger partial charge in [-0.3, -0.25) is 0 Å². The molecule has 2 heterocycles. The fourth-order valence-corrected chi connectivity index (χ4v) is 8.19. The number of hydrogen-bond acceptors (Lipinski definition) is 2. The van der Waals surface area contributed by atoms with Gasteiger partial charge in [-0.25, -0.2) is 0 Å². The Bertz CT molecular complexity index is 2740. The summed E-state index contributed by atoms with van der Waals surface area (Å²) in [6.45, 7) is 0. The van der Waals surface area contributed by atoms with Crippen molar-refractivity contribution in [1.82, 2.24) is 4.57 Å². The standard InChI is InChI=1S/C48H36N2O/c1-2-16-38(17-3-1)50-45-22-8-5-19-40(45)43-30-34(25-27-46(43)50)32-12-10-14-36(28-32)39-18-4-7-21-44(39)49-37-15-11-13-33(29-37)35-24-26-42-41-20-6-9-23-47(41)51-48(42)31-35/h1-20,22-27,29-32,44,49H,21,28H2. The SMILES string of the molecule is C1=CCC(Nc2cccc(-c3ccc4c(c3)oc3ccccc34)c2)C(C2=CC=CC(c3ccc4c(c3)c3ccccc3n4-c3ccccc3)C2)=C1. The number of allylic oxidation sites excluding steroid dienone is 5. The lowest BCUT2D eigenvalue weighted by molar-refractivity contribution is 0.669. The number of aromatic nitrogens is 1. The zero-order chi connectivity index (χ0) is 33.7. The third kappa shape index (κ3) is 5.21. The van der Waals surface area contributed by atoms with E-state index in [-0.39, 0.29) is 6.04 Å². The molecule has 0 saturated heterocycles. The molecule has 244 valence electrons. The Morgan fingerprint density at radius 3 is 2.33 bits per heavy atom. The molecule has 0 fully saturated rings. The largest absolute Gasteiger partial charge is 0.456 e. The number of nitrogens with zero attached hydrogens (tertiary/aromatic N) is 1. The van der Waals surface area contributed by atoms with Crippen molar-refractivity contribution in [3.8, 4) is 16.8 Å². The number of nitrogens with one attached hydrogen (secondary N) is 1. The molecule has 51 heavy (non-hydrogen) atoms. The summed E-state index contributed by atoms with van der Waals surface area (Å²) in [7, 11) is 0. The first-order chi connectivity index (χ1) is 25.3. The molecule has 0 amide bonds. The van der Waals surface area contributed by atoms with Gasteiger partial charge >= 0.3 is 0 Å². The topological polar surface area (TPSA) is 30.1 Å². The van der Waals surface area contributed by atoms with Gasteiger partial charge in [0.1, 0.15) is 11.2 Å². The van der Waals surface area contributed by atoms with Gasteiger partial charge in [0, 0.05) is 38.8 Å². The van der Waals surface area contributed by atoms with E-state index < -0.39 is 0 Å². The summed E-state index contributed by atoms with van der Waals surface area (Å²) < 4.78 is 8.59. The molecule has 2 aliphatic carbocycles. The Kier molecular flexibility index (Phi) is 7.09. The number of rotatable bonds is 6. The minimum Gasteiger partial charge on any atom is -0.456 e. The summed E-state index contributed by atoms with van der Waals surface area (Å²) >= 11 is 0. The Morgan fingerprint density at radius 1 is 0.588 bits per heavy atom. The molecule has 0 radical (unpaired) electrons. The first kappa shape index (κ1) is 29.6. The molecular formula is C48H36N2O. The first-order valence-corrected chi connectivity index (χ1v) is 17.9. The molecule has 0 aliphatic heterocycles. The maximum atomic E-state index is 6.20. The summed E-state index contributed by atoms with van der Waals surface area (Å²) in [5.74, 6) is 0.303. The van der Waals surface area contributed by atoms with Crippen LogP contribution in [0.4, 0.5) is 5.69 Å². The maximum absolute atomic E-state index is 6.20. The molecule has 3 nitrogen and oxygen atoms in total. The fourth-order valence-electron chi connectivity index (χ4n) is 8.19. The van der Waals surface area contributed by atoms with Gasteiger partial charge < -0.3 is 14.3 Å². The molecule has 2 aromatic heterocycles. The van der Waals surface area contributed by atoms with Crippen LogP contribution in [0.1, 0.15) is 24.3 Å². The number of para-hydroxylation sites is 3. The van der Waals surface area contributed by atoms with Gasteiger partial charge in [-0.05, 0) is 101 Å². The van der Waals surface area contributed by atoms with Crippen LogP contribution in [-0.4, -0.2) is 10.6 Å². The van der Waals surface area contributed by atoms with Crippen molar-refractivity contribution in [1.29, 1.82) is 0 Å². The van der Waals surface area contributed by atoms with Crippen molar-refractivity contribution in [2.24, 2.45) is 0 Å². The summed E-state index contributed by atoms with van der Waals surface area (Å²) in [5.41, 5.74) is 13.1. The zero-order valence-electron chi connectivity index (χ0n) is 28.2.